The van der Waals surface area contributed by atoms with Crippen LogP contribution in [0.3, 0.4) is 0 Å². The molecule has 0 saturated carbocycles. The second-order valence-corrected chi connectivity index (χ2v) is 3.63. The van der Waals surface area contributed by atoms with Crippen LogP contribution in [0.5, 0.6) is 11.8 Å². The van der Waals surface area contributed by atoms with Gasteiger partial charge in [0.05, 0.1) is 13.7 Å². The first-order valence-electron chi connectivity index (χ1n) is 4.92. The van der Waals surface area contributed by atoms with Gasteiger partial charge in [-0.1, -0.05) is 13.8 Å². The fourth-order valence-electron chi connectivity index (χ4n) is 1.03. The van der Waals surface area contributed by atoms with Crippen molar-refractivity contribution in [3.05, 3.63) is 6.33 Å². The van der Waals surface area contributed by atoms with Crippen molar-refractivity contribution in [3.8, 4) is 11.8 Å². The van der Waals surface area contributed by atoms with Crippen molar-refractivity contribution in [2.75, 3.05) is 19.5 Å². The monoisotopic (exact) mass is 211 g/mol. The van der Waals surface area contributed by atoms with Crippen molar-refractivity contribution in [1.82, 2.24) is 9.97 Å². The molecule has 5 nitrogen and oxygen atoms in total. The van der Waals surface area contributed by atoms with Crippen molar-refractivity contribution in [1.29, 1.82) is 0 Å². The van der Waals surface area contributed by atoms with E-state index < -0.39 is 0 Å². The summed E-state index contributed by atoms with van der Waals surface area (Å²) in [6.45, 7) is 4.86. The summed E-state index contributed by atoms with van der Waals surface area (Å²) in [5.74, 6) is 1.34. The molecule has 0 saturated heterocycles. The number of nitrogens with two attached hydrogens (primary N) is 1. The normalized spacial score (nSPS) is 10.4. The Bertz CT molecular complexity index is 316. The lowest BCUT2D eigenvalue weighted by Gasteiger charge is -2.10. The number of methoxy groups -OCH3 is 1. The zero-order valence-corrected chi connectivity index (χ0v) is 9.36. The highest BCUT2D eigenvalue weighted by Gasteiger charge is 2.09. The summed E-state index contributed by atoms with van der Waals surface area (Å²) < 4.78 is 10.4. The van der Waals surface area contributed by atoms with E-state index in [1.807, 2.05) is 0 Å². The Morgan fingerprint density at radius 3 is 2.60 bits per heavy atom. The van der Waals surface area contributed by atoms with Gasteiger partial charge in [0.15, 0.2) is 5.69 Å². The summed E-state index contributed by atoms with van der Waals surface area (Å²) >= 11 is 0. The van der Waals surface area contributed by atoms with Gasteiger partial charge in [0.1, 0.15) is 6.33 Å². The number of hydrogen-bond acceptors (Lipinski definition) is 5. The minimum atomic E-state index is 0.351. The first kappa shape index (κ1) is 11.6. The van der Waals surface area contributed by atoms with E-state index in [2.05, 4.69) is 23.8 Å². The van der Waals surface area contributed by atoms with Crippen LogP contribution in [0.15, 0.2) is 6.33 Å². The van der Waals surface area contributed by atoms with Crippen LogP contribution in [-0.2, 0) is 0 Å². The summed E-state index contributed by atoms with van der Waals surface area (Å²) in [7, 11) is 1.51. The predicted octanol–water partition coefficient (Wildman–Crippen LogP) is 1.49. The van der Waals surface area contributed by atoms with Gasteiger partial charge in [0.2, 0.25) is 11.8 Å². The number of aromatic nitrogens is 2. The molecule has 84 valence electrons. The molecule has 0 aliphatic carbocycles. The van der Waals surface area contributed by atoms with Gasteiger partial charge in [0, 0.05) is 0 Å². The number of anilines is 1. The Labute approximate surface area is 89.6 Å². The summed E-state index contributed by atoms with van der Waals surface area (Å²) in [5.41, 5.74) is 6.09. The third-order valence-corrected chi connectivity index (χ3v) is 1.94. The number of hydrogen-bond donors (Lipinski definition) is 1. The highest BCUT2D eigenvalue weighted by Crippen LogP contribution is 2.26. The van der Waals surface area contributed by atoms with Crippen LogP contribution in [0, 0.1) is 5.92 Å². The molecule has 15 heavy (non-hydrogen) atoms. The quantitative estimate of drug-likeness (QED) is 0.799. The molecule has 0 amide bonds. The number of ether oxygens (including phenoxy) is 2. The van der Waals surface area contributed by atoms with Gasteiger partial charge in [0.25, 0.3) is 0 Å². The van der Waals surface area contributed by atoms with E-state index in [4.69, 9.17) is 15.2 Å². The Morgan fingerprint density at radius 1 is 1.33 bits per heavy atom. The molecule has 0 bridgehead atoms. The molecule has 0 radical (unpaired) electrons. The van der Waals surface area contributed by atoms with E-state index in [9.17, 15) is 0 Å². The lowest BCUT2D eigenvalue weighted by Crippen LogP contribution is -2.06. The van der Waals surface area contributed by atoms with Gasteiger partial charge in [-0.3, -0.25) is 0 Å². The zero-order valence-electron chi connectivity index (χ0n) is 9.36. The SMILES string of the molecule is COc1ncnc(OCCC(C)C)c1N. The molecule has 5 heteroatoms. The van der Waals surface area contributed by atoms with Crippen LogP contribution in [0.4, 0.5) is 5.69 Å². The first-order valence-corrected chi connectivity index (χ1v) is 4.92. The minimum absolute atomic E-state index is 0.351. The van der Waals surface area contributed by atoms with Gasteiger partial charge in [-0.05, 0) is 12.3 Å². The summed E-state index contributed by atoms with van der Waals surface area (Å²) in [4.78, 5) is 7.81. The van der Waals surface area contributed by atoms with Crippen molar-refractivity contribution in [3.63, 3.8) is 0 Å². The van der Waals surface area contributed by atoms with Crippen LogP contribution in [0.2, 0.25) is 0 Å². The zero-order chi connectivity index (χ0) is 11.3. The maximum absolute atomic E-state index is 5.74. The lowest BCUT2D eigenvalue weighted by atomic mass is 10.1. The van der Waals surface area contributed by atoms with Crippen LogP contribution < -0.4 is 15.2 Å². The van der Waals surface area contributed by atoms with E-state index in [1.54, 1.807) is 0 Å². The van der Waals surface area contributed by atoms with Gasteiger partial charge < -0.3 is 15.2 Å². The second kappa shape index (κ2) is 5.38. The van der Waals surface area contributed by atoms with E-state index in [0.717, 1.165) is 6.42 Å². The molecule has 0 aliphatic heterocycles. The van der Waals surface area contributed by atoms with Gasteiger partial charge in [-0.15, -0.1) is 0 Å². The maximum Gasteiger partial charge on any atom is 0.244 e. The first-order chi connectivity index (χ1) is 7.15. The number of rotatable bonds is 5. The standard InChI is InChI=1S/C10H17N3O2/c1-7(2)4-5-15-10-8(11)9(14-3)12-6-13-10/h6-7H,4-5,11H2,1-3H3. The third-order valence-electron chi connectivity index (χ3n) is 1.94. The highest BCUT2D eigenvalue weighted by atomic mass is 16.5. The molecular formula is C10H17N3O2. The minimum Gasteiger partial charge on any atom is -0.479 e. The third kappa shape index (κ3) is 3.27. The second-order valence-electron chi connectivity index (χ2n) is 3.63. The fourth-order valence-corrected chi connectivity index (χ4v) is 1.03. The van der Waals surface area contributed by atoms with Crippen LogP contribution in [-0.4, -0.2) is 23.7 Å². The fraction of sp³-hybridized carbons (Fsp3) is 0.600. The molecule has 1 aromatic rings. The predicted molar refractivity (Wildman–Crippen MR) is 57.9 cm³/mol. The smallest absolute Gasteiger partial charge is 0.244 e. The Kier molecular flexibility index (Phi) is 4.15. The van der Waals surface area contributed by atoms with E-state index in [0.29, 0.717) is 30.0 Å². The number of nitrogens with zero attached hydrogens (tertiary/aromatic N) is 2. The average molecular weight is 211 g/mol. The summed E-state index contributed by atoms with van der Waals surface area (Å²) in [5, 5.41) is 0. The largest absolute Gasteiger partial charge is 0.479 e. The number of nitrogen functional groups attached to an aromatic ring is 1. The van der Waals surface area contributed by atoms with Crippen molar-refractivity contribution < 1.29 is 9.47 Å². The van der Waals surface area contributed by atoms with Crippen molar-refractivity contribution in [2.24, 2.45) is 5.92 Å². The molecule has 0 aromatic carbocycles. The Hall–Kier alpha value is -1.52. The van der Waals surface area contributed by atoms with E-state index >= 15 is 0 Å². The molecular weight excluding hydrogens is 194 g/mol. The topological polar surface area (TPSA) is 70.3 Å². The van der Waals surface area contributed by atoms with Gasteiger partial charge >= 0.3 is 0 Å². The van der Waals surface area contributed by atoms with Crippen molar-refractivity contribution in [2.45, 2.75) is 20.3 Å². The molecule has 1 aromatic heterocycles. The van der Waals surface area contributed by atoms with Crippen LogP contribution in [0.1, 0.15) is 20.3 Å². The molecule has 1 rings (SSSR count). The molecule has 0 spiro atoms. The highest BCUT2D eigenvalue weighted by molar-refractivity contribution is 5.55. The summed E-state index contributed by atoms with van der Waals surface area (Å²) in [6.07, 6.45) is 2.34. The maximum atomic E-state index is 5.74. The van der Waals surface area contributed by atoms with Gasteiger partial charge in [-0.25, -0.2) is 0 Å². The van der Waals surface area contributed by atoms with E-state index in [-0.39, 0.29) is 0 Å². The molecule has 0 fully saturated rings. The Balaban J connectivity index is 2.61. The molecule has 1 heterocycles. The summed E-state index contributed by atoms with van der Waals surface area (Å²) in [6, 6.07) is 0. The van der Waals surface area contributed by atoms with E-state index in [1.165, 1.54) is 13.4 Å². The molecule has 2 N–H and O–H groups in total. The molecule has 0 atom stereocenters. The van der Waals surface area contributed by atoms with Crippen LogP contribution >= 0.6 is 0 Å². The van der Waals surface area contributed by atoms with Crippen molar-refractivity contribution >= 4 is 5.69 Å². The van der Waals surface area contributed by atoms with Crippen LogP contribution in [0.25, 0.3) is 0 Å². The average Bonchev–Trinajstić information content (AvgIpc) is 2.20. The van der Waals surface area contributed by atoms with Gasteiger partial charge in [-0.2, -0.15) is 9.97 Å². The molecule has 0 aliphatic rings. The lowest BCUT2D eigenvalue weighted by molar-refractivity contribution is 0.278. The molecule has 0 unspecified atom stereocenters. The Morgan fingerprint density at radius 2 is 2.00 bits per heavy atom.